The van der Waals surface area contributed by atoms with Gasteiger partial charge in [0.2, 0.25) is 0 Å². The molecule has 2 nitrogen and oxygen atoms in total. The van der Waals surface area contributed by atoms with Crippen molar-refractivity contribution in [2.75, 3.05) is 19.7 Å². The van der Waals surface area contributed by atoms with Crippen molar-refractivity contribution in [1.29, 1.82) is 0 Å². The monoisotopic (exact) mass is 155 g/mol. The van der Waals surface area contributed by atoms with Gasteiger partial charge in [0.25, 0.3) is 0 Å². The fourth-order valence-corrected chi connectivity index (χ4v) is 1.56. The smallest absolute Gasteiger partial charge is 0.0823 e. The van der Waals surface area contributed by atoms with Crippen molar-refractivity contribution in [2.24, 2.45) is 5.92 Å². The molecule has 1 saturated carbocycles. The lowest BCUT2D eigenvalue weighted by Crippen LogP contribution is -2.48. The highest BCUT2D eigenvalue weighted by molar-refractivity contribution is 4.75. The molecule has 0 amide bonds. The standard InChI is InChI=1S/C9H17NO/c1-2-8(3-1)4-5-11-9-6-10-7-9/h8-10H,1-7H2. The molecule has 1 heterocycles. The number of nitrogens with one attached hydrogen (secondary N) is 1. The maximum Gasteiger partial charge on any atom is 0.0823 e. The van der Waals surface area contributed by atoms with Gasteiger partial charge in [0, 0.05) is 19.7 Å². The van der Waals surface area contributed by atoms with Crippen LogP contribution in [0.3, 0.4) is 0 Å². The summed E-state index contributed by atoms with van der Waals surface area (Å²) in [5.41, 5.74) is 0. The maximum absolute atomic E-state index is 5.62. The second kappa shape index (κ2) is 3.55. The molecule has 2 heteroatoms. The quantitative estimate of drug-likeness (QED) is 0.658. The van der Waals surface area contributed by atoms with Crippen LogP contribution in [0.25, 0.3) is 0 Å². The van der Waals surface area contributed by atoms with Crippen molar-refractivity contribution in [2.45, 2.75) is 31.8 Å². The van der Waals surface area contributed by atoms with Crippen LogP contribution in [0.2, 0.25) is 0 Å². The fourth-order valence-electron chi connectivity index (χ4n) is 1.56. The fraction of sp³-hybridized carbons (Fsp3) is 1.00. The van der Waals surface area contributed by atoms with Gasteiger partial charge in [-0.2, -0.15) is 0 Å². The summed E-state index contributed by atoms with van der Waals surface area (Å²) in [5.74, 6) is 1.00. The van der Waals surface area contributed by atoms with Crippen LogP contribution in [-0.4, -0.2) is 25.8 Å². The van der Waals surface area contributed by atoms with Crippen molar-refractivity contribution >= 4 is 0 Å². The second-order valence-electron chi connectivity index (χ2n) is 3.74. The Labute approximate surface area is 68.3 Å². The van der Waals surface area contributed by atoms with Crippen LogP contribution >= 0.6 is 0 Å². The molecule has 0 atom stereocenters. The van der Waals surface area contributed by atoms with Crippen LogP contribution in [0.4, 0.5) is 0 Å². The first kappa shape index (κ1) is 7.56. The van der Waals surface area contributed by atoms with Crippen molar-refractivity contribution < 1.29 is 4.74 Å². The molecule has 0 bridgehead atoms. The minimum Gasteiger partial charge on any atom is -0.376 e. The molecule has 0 aromatic rings. The Bertz CT molecular complexity index is 105. The number of rotatable bonds is 4. The summed E-state index contributed by atoms with van der Waals surface area (Å²) in [6.07, 6.45) is 6.19. The lowest BCUT2D eigenvalue weighted by atomic mass is 9.83. The summed E-state index contributed by atoms with van der Waals surface area (Å²) in [5, 5.41) is 3.20. The minimum atomic E-state index is 0.537. The Hall–Kier alpha value is -0.0800. The molecule has 0 unspecified atom stereocenters. The largest absolute Gasteiger partial charge is 0.376 e. The summed E-state index contributed by atoms with van der Waals surface area (Å²) in [6, 6.07) is 0. The van der Waals surface area contributed by atoms with Gasteiger partial charge in [-0.15, -0.1) is 0 Å². The SMILES string of the molecule is C1CC(CCOC2CNC2)C1. The molecule has 0 spiro atoms. The van der Waals surface area contributed by atoms with E-state index in [2.05, 4.69) is 5.32 Å². The van der Waals surface area contributed by atoms with Gasteiger partial charge in [-0.05, 0) is 12.3 Å². The van der Waals surface area contributed by atoms with Gasteiger partial charge < -0.3 is 10.1 Å². The predicted molar refractivity (Wildman–Crippen MR) is 44.6 cm³/mol. The number of ether oxygens (including phenoxy) is 1. The topological polar surface area (TPSA) is 21.3 Å². The molecule has 1 saturated heterocycles. The molecule has 64 valence electrons. The Morgan fingerprint density at radius 2 is 2.09 bits per heavy atom. The molecule has 1 aliphatic heterocycles. The van der Waals surface area contributed by atoms with E-state index < -0.39 is 0 Å². The van der Waals surface area contributed by atoms with Crippen molar-refractivity contribution in [3.05, 3.63) is 0 Å². The molecule has 2 aliphatic rings. The first-order valence-electron chi connectivity index (χ1n) is 4.77. The highest BCUT2D eigenvalue weighted by Gasteiger charge is 2.20. The van der Waals surface area contributed by atoms with Crippen molar-refractivity contribution in [3.8, 4) is 0 Å². The Kier molecular flexibility index (Phi) is 2.44. The van der Waals surface area contributed by atoms with Crippen LogP contribution in [-0.2, 0) is 4.74 Å². The Balaban J connectivity index is 1.46. The Morgan fingerprint density at radius 1 is 1.27 bits per heavy atom. The minimum absolute atomic E-state index is 0.537. The van der Waals surface area contributed by atoms with E-state index in [0.29, 0.717) is 6.10 Å². The average molecular weight is 155 g/mol. The number of hydrogen-bond donors (Lipinski definition) is 1. The van der Waals surface area contributed by atoms with Crippen LogP contribution in [0.5, 0.6) is 0 Å². The Morgan fingerprint density at radius 3 is 2.55 bits per heavy atom. The summed E-state index contributed by atoms with van der Waals surface area (Å²) < 4.78 is 5.62. The lowest BCUT2D eigenvalue weighted by molar-refractivity contribution is 0.00768. The normalized spacial score (nSPS) is 26.2. The molecule has 0 aromatic heterocycles. The molecular formula is C9H17NO. The van der Waals surface area contributed by atoms with Gasteiger partial charge in [-0.3, -0.25) is 0 Å². The molecule has 0 radical (unpaired) electrons. The van der Waals surface area contributed by atoms with Crippen LogP contribution < -0.4 is 5.32 Å². The van der Waals surface area contributed by atoms with E-state index in [1.54, 1.807) is 0 Å². The third kappa shape index (κ3) is 1.94. The summed E-state index contributed by atoms with van der Waals surface area (Å²) in [4.78, 5) is 0. The van der Waals surface area contributed by atoms with Gasteiger partial charge in [0.05, 0.1) is 6.10 Å². The molecule has 2 rings (SSSR count). The van der Waals surface area contributed by atoms with Gasteiger partial charge >= 0.3 is 0 Å². The average Bonchev–Trinajstić information content (AvgIpc) is 1.79. The summed E-state index contributed by atoms with van der Waals surface area (Å²) in [6.45, 7) is 3.15. The van der Waals surface area contributed by atoms with Crippen molar-refractivity contribution in [3.63, 3.8) is 0 Å². The highest BCUT2D eigenvalue weighted by Crippen LogP contribution is 2.29. The second-order valence-corrected chi connectivity index (χ2v) is 3.74. The zero-order valence-electron chi connectivity index (χ0n) is 7.01. The van der Waals surface area contributed by atoms with Crippen LogP contribution in [0.1, 0.15) is 25.7 Å². The van der Waals surface area contributed by atoms with E-state index in [-0.39, 0.29) is 0 Å². The van der Waals surface area contributed by atoms with Gasteiger partial charge in [0.15, 0.2) is 0 Å². The lowest BCUT2D eigenvalue weighted by Gasteiger charge is -2.30. The van der Waals surface area contributed by atoms with E-state index >= 15 is 0 Å². The van der Waals surface area contributed by atoms with Crippen LogP contribution in [0, 0.1) is 5.92 Å². The molecular weight excluding hydrogens is 138 g/mol. The molecule has 2 fully saturated rings. The van der Waals surface area contributed by atoms with E-state index in [1.807, 2.05) is 0 Å². The third-order valence-electron chi connectivity index (χ3n) is 2.85. The van der Waals surface area contributed by atoms with Gasteiger partial charge in [-0.1, -0.05) is 19.3 Å². The molecule has 1 aliphatic carbocycles. The van der Waals surface area contributed by atoms with Gasteiger partial charge in [-0.25, -0.2) is 0 Å². The molecule has 0 aromatic carbocycles. The first-order chi connectivity index (χ1) is 5.45. The summed E-state index contributed by atoms with van der Waals surface area (Å²) >= 11 is 0. The van der Waals surface area contributed by atoms with Gasteiger partial charge in [0.1, 0.15) is 0 Å². The predicted octanol–water partition coefficient (Wildman–Crippen LogP) is 1.17. The highest BCUT2D eigenvalue weighted by atomic mass is 16.5. The number of hydrogen-bond acceptors (Lipinski definition) is 2. The third-order valence-corrected chi connectivity index (χ3v) is 2.85. The summed E-state index contributed by atoms with van der Waals surface area (Å²) in [7, 11) is 0. The van der Waals surface area contributed by atoms with E-state index in [1.165, 1.54) is 25.7 Å². The van der Waals surface area contributed by atoms with Crippen molar-refractivity contribution in [1.82, 2.24) is 5.32 Å². The molecule has 11 heavy (non-hydrogen) atoms. The molecule has 1 N–H and O–H groups in total. The van der Waals surface area contributed by atoms with E-state index in [0.717, 1.165) is 25.6 Å². The van der Waals surface area contributed by atoms with E-state index in [9.17, 15) is 0 Å². The van der Waals surface area contributed by atoms with E-state index in [4.69, 9.17) is 4.74 Å². The first-order valence-corrected chi connectivity index (χ1v) is 4.77. The van der Waals surface area contributed by atoms with Crippen LogP contribution in [0.15, 0.2) is 0 Å². The zero-order valence-corrected chi connectivity index (χ0v) is 7.01. The zero-order chi connectivity index (χ0) is 7.52. The maximum atomic E-state index is 5.62.